The first kappa shape index (κ1) is 8.99. The molecule has 0 atom stereocenters. The molecule has 0 aromatic carbocycles. The Morgan fingerprint density at radius 1 is 1.33 bits per heavy atom. The molecule has 1 aliphatic heterocycles. The maximum absolute atomic E-state index is 11.0. The van der Waals surface area contributed by atoms with Gasteiger partial charge < -0.3 is 9.80 Å². The van der Waals surface area contributed by atoms with Gasteiger partial charge in [-0.1, -0.05) is 0 Å². The predicted octanol–water partition coefficient (Wildman–Crippen LogP) is -1.52. The number of carbonyl (C=O) groups excluding carboxylic acids is 2. The van der Waals surface area contributed by atoms with Crippen LogP contribution in [0.2, 0.25) is 0 Å². The Hall–Kier alpha value is -1.10. The third-order valence-electron chi connectivity index (χ3n) is 1.91. The molecule has 5 heteroatoms. The summed E-state index contributed by atoms with van der Waals surface area (Å²) in [6.45, 7) is 1.94. The molecule has 0 bridgehead atoms. The standard InChI is InChI=1S/C7H11N3O2/c8-5-7(12)10-3-1-9(6-11)2-4-10/h8H,1-5H2. The van der Waals surface area contributed by atoms with E-state index >= 15 is 0 Å². The number of hydrogen-bond donors (Lipinski definition) is 0. The number of hydrogen-bond acceptors (Lipinski definition) is 2. The van der Waals surface area contributed by atoms with Crippen molar-refractivity contribution < 1.29 is 9.59 Å². The van der Waals surface area contributed by atoms with Crippen molar-refractivity contribution >= 4 is 12.3 Å². The molecule has 1 aliphatic rings. The van der Waals surface area contributed by atoms with Crippen LogP contribution >= 0.6 is 0 Å². The van der Waals surface area contributed by atoms with E-state index < -0.39 is 0 Å². The summed E-state index contributed by atoms with van der Waals surface area (Å²) in [5, 5.41) is 0. The zero-order valence-electron chi connectivity index (χ0n) is 6.75. The molecule has 0 saturated carbocycles. The van der Waals surface area contributed by atoms with Gasteiger partial charge >= 0.3 is 6.41 Å². The fraction of sp³-hybridized carbons (Fsp3) is 0.714. The van der Waals surface area contributed by atoms with Crippen LogP contribution in [0.5, 0.6) is 0 Å². The minimum atomic E-state index is -0.204. The Morgan fingerprint density at radius 2 is 1.92 bits per heavy atom. The van der Waals surface area contributed by atoms with Gasteiger partial charge in [0.25, 0.3) is 0 Å². The van der Waals surface area contributed by atoms with Crippen LogP contribution in [0, 0.1) is 0 Å². The van der Waals surface area contributed by atoms with E-state index in [0.717, 1.165) is 0 Å². The third-order valence-corrected chi connectivity index (χ3v) is 1.91. The molecule has 1 rings (SSSR count). The molecule has 1 fully saturated rings. The van der Waals surface area contributed by atoms with Crippen LogP contribution < -0.4 is 5.73 Å². The van der Waals surface area contributed by atoms with Gasteiger partial charge in [0, 0.05) is 26.2 Å². The second-order valence-corrected chi connectivity index (χ2v) is 2.64. The van der Waals surface area contributed by atoms with Gasteiger partial charge in [0.15, 0.2) is 0 Å². The quantitative estimate of drug-likeness (QED) is 0.504. The summed E-state index contributed by atoms with van der Waals surface area (Å²) in [6, 6.07) is 0. The Labute approximate surface area is 71.1 Å². The highest BCUT2D eigenvalue weighted by atomic mass is 16.2. The van der Waals surface area contributed by atoms with Gasteiger partial charge in [0.1, 0.15) is 0 Å². The summed E-state index contributed by atoms with van der Waals surface area (Å²) in [5.41, 5.74) is 6.86. The van der Waals surface area contributed by atoms with Crippen molar-refractivity contribution in [2.45, 2.75) is 0 Å². The molecule has 66 valence electrons. The molecule has 2 amide bonds. The summed E-state index contributed by atoms with van der Waals surface area (Å²) >= 11 is 0. The van der Waals surface area contributed by atoms with Gasteiger partial charge in [0.05, 0.1) is 6.54 Å². The first-order chi connectivity index (χ1) is 5.77. The molecule has 1 saturated heterocycles. The van der Waals surface area contributed by atoms with Gasteiger partial charge in [-0.15, -0.1) is 0 Å². The second-order valence-electron chi connectivity index (χ2n) is 2.64. The number of amides is 2. The summed E-state index contributed by atoms with van der Waals surface area (Å²) in [5.74, 6) is -0.166. The van der Waals surface area contributed by atoms with Crippen LogP contribution in [0.4, 0.5) is 0 Å². The predicted molar refractivity (Wildman–Crippen MR) is 41.8 cm³/mol. The number of rotatable bonds is 2. The molecule has 2 radical (unpaired) electrons. The molecule has 0 aromatic heterocycles. The van der Waals surface area contributed by atoms with Crippen molar-refractivity contribution in [3.8, 4) is 0 Å². The maximum atomic E-state index is 11.0. The fourth-order valence-electron chi connectivity index (χ4n) is 1.16. The number of carbonyl (C=O) groups is 1. The van der Waals surface area contributed by atoms with Crippen LogP contribution in [0.25, 0.3) is 0 Å². The topological polar surface area (TPSA) is 64.4 Å². The van der Waals surface area contributed by atoms with E-state index in [0.29, 0.717) is 26.2 Å². The van der Waals surface area contributed by atoms with Crippen LogP contribution in [-0.2, 0) is 9.59 Å². The minimum Gasteiger partial charge on any atom is -0.338 e. The lowest BCUT2D eigenvalue weighted by Gasteiger charge is -2.31. The van der Waals surface area contributed by atoms with Crippen LogP contribution in [0.15, 0.2) is 0 Å². The summed E-state index contributed by atoms with van der Waals surface area (Å²) < 4.78 is 0. The second kappa shape index (κ2) is 4.06. The van der Waals surface area contributed by atoms with Crippen LogP contribution in [0.3, 0.4) is 0 Å². The fourth-order valence-corrected chi connectivity index (χ4v) is 1.16. The van der Waals surface area contributed by atoms with E-state index in [1.165, 1.54) is 4.90 Å². The minimum absolute atomic E-state index is 0.166. The van der Waals surface area contributed by atoms with Crippen molar-refractivity contribution in [2.24, 2.45) is 0 Å². The third kappa shape index (κ3) is 1.94. The lowest BCUT2D eigenvalue weighted by molar-refractivity contribution is -0.131. The van der Waals surface area contributed by atoms with E-state index in [-0.39, 0.29) is 12.5 Å². The highest BCUT2D eigenvalue weighted by Gasteiger charge is 2.18. The van der Waals surface area contributed by atoms with Gasteiger partial charge in [-0.05, 0) is 0 Å². The summed E-state index contributed by atoms with van der Waals surface area (Å²) in [7, 11) is 0. The molecular formula is C7H11N3O2. The first-order valence-electron chi connectivity index (χ1n) is 3.83. The van der Waals surface area contributed by atoms with E-state index in [2.05, 4.69) is 0 Å². The lowest BCUT2D eigenvalue weighted by atomic mass is 10.3. The van der Waals surface area contributed by atoms with Gasteiger partial charge in [-0.25, -0.2) is 5.73 Å². The highest BCUT2D eigenvalue weighted by Crippen LogP contribution is 1.98. The number of piperazine rings is 1. The van der Waals surface area contributed by atoms with E-state index in [1.807, 2.05) is 0 Å². The zero-order chi connectivity index (χ0) is 8.97. The number of nitrogens with zero attached hydrogens (tertiary/aromatic N) is 2. The molecule has 1 N–H and O–H groups in total. The van der Waals surface area contributed by atoms with Crippen molar-refractivity contribution in [1.82, 2.24) is 15.5 Å². The van der Waals surface area contributed by atoms with Crippen LogP contribution in [0.1, 0.15) is 0 Å². The monoisotopic (exact) mass is 169 g/mol. The molecule has 12 heavy (non-hydrogen) atoms. The zero-order valence-corrected chi connectivity index (χ0v) is 6.75. The highest BCUT2D eigenvalue weighted by molar-refractivity contribution is 5.78. The van der Waals surface area contributed by atoms with Crippen molar-refractivity contribution in [2.75, 3.05) is 32.7 Å². The number of nitrogens with one attached hydrogen (secondary N) is 1. The lowest BCUT2D eigenvalue weighted by Crippen LogP contribution is -2.49. The maximum Gasteiger partial charge on any atom is 0.312 e. The smallest absolute Gasteiger partial charge is 0.312 e. The largest absolute Gasteiger partial charge is 0.338 e. The normalized spacial score (nSPS) is 17.8. The Kier molecular flexibility index (Phi) is 3.04. The van der Waals surface area contributed by atoms with Crippen LogP contribution in [-0.4, -0.2) is 54.8 Å². The molecule has 0 unspecified atom stereocenters. The molecular weight excluding hydrogens is 158 g/mol. The molecule has 0 aliphatic carbocycles. The van der Waals surface area contributed by atoms with Gasteiger partial charge in [-0.2, -0.15) is 0 Å². The van der Waals surface area contributed by atoms with Gasteiger partial charge in [-0.3, -0.25) is 9.59 Å². The Balaban J connectivity index is 2.35. The summed E-state index contributed by atoms with van der Waals surface area (Å²) in [4.78, 5) is 24.3. The summed E-state index contributed by atoms with van der Waals surface area (Å²) in [6.07, 6.45) is 1.78. The average Bonchev–Trinajstić information content (AvgIpc) is 2.17. The molecule has 0 spiro atoms. The average molecular weight is 169 g/mol. The Bertz CT molecular complexity index is 175. The molecule has 1 heterocycles. The van der Waals surface area contributed by atoms with Crippen molar-refractivity contribution in [1.29, 1.82) is 0 Å². The molecule has 0 aromatic rings. The van der Waals surface area contributed by atoms with Crippen molar-refractivity contribution in [3.05, 3.63) is 0 Å². The first-order valence-corrected chi connectivity index (χ1v) is 3.83. The SMILES string of the molecule is [NH]CC(=O)N1CCN([C]=O)CC1. The van der Waals surface area contributed by atoms with Crippen molar-refractivity contribution in [3.63, 3.8) is 0 Å². The van der Waals surface area contributed by atoms with Gasteiger partial charge in [0.2, 0.25) is 5.91 Å². The molecule has 5 nitrogen and oxygen atoms in total. The Morgan fingerprint density at radius 3 is 2.33 bits per heavy atom. The van der Waals surface area contributed by atoms with E-state index in [4.69, 9.17) is 5.73 Å². The van der Waals surface area contributed by atoms with E-state index in [9.17, 15) is 9.59 Å². The van der Waals surface area contributed by atoms with E-state index in [1.54, 1.807) is 11.3 Å².